The fourth-order valence-corrected chi connectivity index (χ4v) is 2.53. The standard InChI is InChI=1S/C21H18O4/c1-14-3-6-16(7-4-14)20(22)21(23)25-13-15-5-8-18-12-19(24-2)10-9-17(18)11-15/h3-12H,13H2,1-2H3. The Balaban J connectivity index is 1.68. The van der Waals surface area contributed by atoms with Crippen molar-refractivity contribution in [2.45, 2.75) is 13.5 Å². The number of fused-ring (bicyclic) bond motifs is 1. The summed E-state index contributed by atoms with van der Waals surface area (Å²) in [6.45, 7) is 1.97. The van der Waals surface area contributed by atoms with Crippen molar-refractivity contribution < 1.29 is 19.1 Å². The molecule has 0 fully saturated rings. The van der Waals surface area contributed by atoms with Gasteiger partial charge in [0.05, 0.1) is 7.11 Å². The zero-order valence-electron chi connectivity index (χ0n) is 14.1. The van der Waals surface area contributed by atoms with Crippen molar-refractivity contribution in [2.24, 2.45) is 0 Å². The topological polar surface area (TPSA) is 52.6 Å². The first-order valence-corrected chi connectivity index (χ1v) is 7.91. The first-order valence-electron chi connectivity index (χ1n) is 7.91. The highest BCUT2D eigenvalue weighted by molar-refractivity contribution is 6.40. The molecule has 0 aliphatic carbocycles. The molecule has 0 aliphatic heterocycles. The molecule has 4 nitrogen and oxygen atoms in total. The van der Waals surface area contributed by atoms with Crippen LogP contribution < -0.4 is 4.74 Å². The Morgan fingerprint density at radius 1 is 0.880 bits per heavy atom. The fourth-order valence-electron chi connectivity index (χ4n) is 2.53. The second-order valence-corrected chi connectivity index (χ2v) is 5.82. The van der Waals surface area contributed by atoms with Crippen LogP contribution in [0.4, 0.5) is 0 Å². The van der Waals surface area contributed by atoms with Gasteiger partial charge in [-0.2, -0.15) is 0 Å². The molecule has 0 aromatic heterocycles. The normalized spacial score (nSPS) is 10.5. The Hall–Kier alpha value is -3.14. The molecule has 0 spiro atoms. The molecule has 0 amide bonds. The molecule has 0 atom stereocenters. The SMILES string of the molecule is COc1ccc2cc(COC(=O)C(=O)c3ccc(C)cc3)ccc2c1. The number of hydrogen-bond donors (Lipinski definition) is 0. The van der Waals surface area contributed by atoms with Gasteiger partial charge < -0.3 is 9.47 Å². The molecule has 25 heavy (non-hydrogen) atoms. The predicted octanol–water partition coefficient (Wildman–Crippen LogP) is 4.08. The minimum Gasteiger partial charge on any atom is -0.497 e. The lowest BCUT2D eigenvalue weighted by molar-refractivity contribution is -0.139. The van der Waals surface area contributed by atoms with Crippen molar-refractivity contribution in [3.63, 3.8) is 0 Å². The van der Waals surface area contributed by atoms with Crippen LogP contribution in [0.25, 0.3) is 10.8 Å². The molecule has 126 valence electrons. The average Bonchev–Trinajstić information content (AvgIpc) is 2.65. The van der Waals surface area contributed by atoms with E-state index >= 15 is 0 Å². The third-order valence-corrected chi connectivity index (χ3v) is 3.98. The molecule has 3 aromatic rings. The Bertz CT molecular complexity index is 926. The van der Waals surface area contributed by atoms with Crippen LogP contribution in [0, 0.1) is 6.92 Å². The number of ether oxygens (including phenoxy) is 2. The summed E-state index contributed by atoms with van der Waals surface area (Å²) in [6.07, 6.45) is 0. The first kappa shape index (κ1) is 16.7. The molecule has 3 aromatic carbocycles. The van der Waals surface area contributed by atoms with Crippen molar-refractivity contribution in [3.05, 3.63) is 77.4 Å². The second-order valence-electron chi connectivity index (χ2n) is 5.82. The summed E-state index contributed by atoms with van der Waals surface area (Å²) < 4.78 is 10.4. The number of aryl methyl sites for hydroxylation is 1. The highest BCUT2D eigenvalue weighted by atomic mass is 16.5. The maximum Gasteiger partial charge on any atom is 0.380 e. The molecule has 0 N–H and O–H groups in total. The van der Waals surface area contributed by atoms with E-state index in [1.54, 1.807) is 31.4 Å². The van der Waals surface area contributed by atoms with E-state index in [0.717, 1.165) is 27.6 Å². The zero-order chi connectivity index (χ0) is 17.8. The Labute approximate surface area is 146 Å². The van der Waals surface area contributed by atoms with Crippen LogP contribution in [0.15, 0.2) is 60.7 Å². The molecular formula is C21H18O4. The van der Waals surface area contributed by atoms with Crippen molar-refractivity contribution >= 4 is 22.5 Å². The number of methoxy groups -OCH3 is 1. The van der Waals surface area contributed by atoms with Gasteiger partial charge >= 0.3 is 5.97 Å². The lowest BCUT2D eigenvalue weighted by Gasteiger charge is -2.07. The lowest BCUT2D eigenvalue weighted by Crippen LogP contribution is -2.17. The summed E-state index contributed by atoms with van der Waals surface area (Å²) in [7, 11) is 1.63. The highest BCUT2D eigenvalue weighted by Crippen LogP contribution is 2.22. The number of Topliss-reactive ketones (excluding diaryl/α,β-unsaturated/α-hetero) is 1. The van der Waals surface area contributed by atoms with Crippen molar-refractivity contribution in [3.8, 4) is 5.75 Å². The smallest absolute Gasteiger partial charge is 0.380 e. The summed E-state index contributed by atoms with van der Waals surface area (Å²) in [6, 6.07) is 18.3. The van der Waals surface area contributed by atoms with Crippen molar-refractivity contribution in [2.75, 3.05) is 7.11 Å². The molecule has 4 heteroatoms. The van der Waals surface area contributed by atoms with E-state index in [9.17, 15) is 9.59 Å². The van der Waals surface area contributed by atoms with E-state index in [0.29, 0.717) is 5.56 Å². The number of hydrogen-bond acceptors (Lipinski definition) is 4. The monoisotopic (exact) mass is 334 g/mol. The van der Waals surface area contributed by atoms with Crippen LogP contribution >= 0.6 is 0 Å². The maximum absolute atomic E-state index is 12.1. The number of carbonyl (C=O) groups excluding carboxylic acids is 2. The van der Waals surface area contributed by atoms with Gasteiger partial charge in [0, 0.05) is 5.56 Å². The molecule has 3 rings (SSSR count). The number of carbonyl (C=O) groups is 2. The molecule has 0 heterocycles. The molecule has 0 bridgehead atoms. The van der Waals surface area contributed by atoms with Gasteiger partial charge in [-0.1, -0.05) is 48.0 Å². The molecular weight excluding hydrogens is 316 g/mol. The molecule has 0 unspecified atom stereocenters. The zero-order valence-corrected chi connectivity index (χ0v) is 14.1. The molecule has 0 radical (unpaired) electrons. The summed E-state index contributed by atoms with van der Waals surface area (Å²) >= 11 is 0. The van der Waals surface area contributed by atoms with Crippen LogP contribution in [0.3, 0.4) is 0 Å². The van der Waals surface area contributed by atoms with E-state index in [-0.39, 0.29) is 6.61 Å². The van der Waals surface area contributed by atoms with E-state index < -0.39 is 11.8 Å². The van der Waals surface area contributed by atoms with Gasteiger partial charge in [0.25, 0.3) is 5.78 Å². The van der Waals surface area contributed by atoms with Gasteiger partial charge in [-0.3, -0.25) is 4.79 Å². The fraction of sp³-hybridized carbons (Fsp3) is 0.143. The van der Waals surface area contributed by atoms with Crippen LogP contribution in [0.5, 0.6) is 5.75 Å². The molecule has 0 aliphatic rings. The van der Waals surface area contributed by atoms with Crippen LogP contribution in [0.2, 0.25) is 0 Å². The minimum absolute atomic E-state index is 0.0540. The van der Waals surface area contributed by atoms with Crippen molar-refractivity contribution in [1.82, 2.24) is 0 Å². The van der Waals surface area contributed by atoms with E-state index in [1.165, 1.54) is 0 Å². The first-order chi connectivity index (χ1) is 12.1. The van der Waals surface area contributed by atoms with Crippen LogP contribution in [-0.2, 0) is 16.1 Å². The largest absolute Gasteiger partial charge is 0.497 e. The van der Waals surface area contributed by atoms with Crippen LogP contribution in [0.1, 0.15) is 21.5 Å². The number of benzene rings is 3. The Morgan fingerprint density at radius 3 is 2.28 bits per heavy atom. The van der Waals surface area contributed by atoms with E-state index in [2.05, 4.69) is 0 Å². The van der Waals surface area contributed by atoms with E-state index in [1.807, 2.05) is 43.3 Å². The summed E-state index contributed by atoms with van der Waals surface area (Å²) in [5, 5.41) is 2.05. The third kappa shape index (κ3) is 3.86. The molecule has 0 saturated carbocycles. The number of rotatable bonds is 5. The quantitative estimate of drug-likeness (QED) is 0.401. The lowest BCUT2D eigenvalue weighted by atomic mass is 10.1. The number of esters is 1. The minimum atomic E-state index is -0.848. The van der Waals surface area contributed by atoms with Crippen LogP contribution in [-0.4, -0.2) is 18.9 Å². The van der Waals surface area contributed by atoms with Gasteiger partial charge in [0.1, 0.15) is 12.4 Å². The van der Waals surface area contributed by atoms with Gasteiger partial charge in [-0.25, -0.2) is 4.79 Å². The summed E-state index contributed by atoms with van der Waals surface area (Å²) in [5.41, 5.74) is 2.18. The van der Waals surface area contributed by atoms with Crippen molar-refractivity contribution in [1.29, 1.82) is 0 Å². The van der Waals surface area contributed by atoms with Gasteiger partial charge in [-0.15, -0.1) is 0 Å². The maximum atomic E-state index is 12.1. The van der Waals surface area contributed by atoms with Gasteiger partial charge in [0.15, 0.2) is 0 Å². The highest BCUT2D eigenvalue weighted by Gasteiger charge is 2.17. The third-order valence-electron chi connectivity index (χ3n) is 3.98. The molecule has 0 saturated heterocycles. The Morgan fingerprint density at radius 2 is 1.56 bits per heavy atom. The van der Waals surface area contributed by atoms with E-state index in [4.69, 9.17) is 9.47 Å². The van der Waals surface area contributed by atoms with Gasteiger partial charge in [0.2, 0.25) is 0 Å². The van der Waals surface area contributed by atoms with Gasteiger partial charge in [-0.05, 0) is 41.5 Å². The predicted molar refractivity (Wildman–Crippen MR) is 95.8 cm³/mol. The Kier molecular flexibility index (Phi) is 4.80. The summed E-state index contributed by atoms with van der Waals surface area (Å²) in [5.74, 6) is -0.695. The number of ketones is 1. The average molecular weight is 334 g/mol. The second kappa shape index (κ2) is 7.18. The summed E-state index contributed by atoms with van der Waals surface area (Å²) in [4.78, 5) is 24.0.